The summed E-state index contributed by atoms with van der Waals surface area (Å²) in [5.74, 6) is -0.478. The summed E-state index contributed by atoms with van der Waals surface area (Å²) >= 11 is 0. The van der Waals surface area contributed by atoms with E-state index in [1.165, 1.54) is 0 Å². The van der Waals surface area contributed by atoms with Gasteiger partial charge in [0.1, 0.15) is 0 Å². The highest BCUT2D eigenvalue weighted by Crippen LogP contribution is 2.00. The molecule has 0 saturated carbocycles. The van der Waals surface area contributed by atoms with Crippen molar-refractivity contribution in [2.45, 2.75) is 0 Å². The smallest absolute Gasteiger partial charge is 0.246 e. The predicted octanol–water partition coefficient (Wildman–Crippen LogP) is 1.45. The minimum atomic E-state index is -0.481. The van der Waals surface area contributed by atoms with Gasteiger partial charge in [-0.1, -0.05) is 36.9 Å². The second-order valence-electron chi connectivity index (χ2n) is 3.58. The van der Waals surface area contributed by atoms with Gasteiger partial charge in [0.15, 0.2) is 0 Å². The molecule has 0 aliphatic carbocycles. The van der Waals surface area contributed by atoms with Crippen LogP contribution in [0.4, 0.5) is 0 Å². The standard InChI is InChI=1S/C11H13NO.C3H5NO/c1-12(2)11(13)9-8-10-6-4-3-5-7-10;1-2-3(4)5/h3-9H,1-2H3;2H,1H2,(H2,4,5). The van der Waals surface area contributed by atoms with Gasteiger partial charge in [-0.3, -0.25) is 9.59 Å². The van der Waals surface area contributed by atoms with Crippen LogP contribution in [0.5, 0.6) is 0 Å². The lowest BCUT2D eigenvalue weighted by atomic mass is 10.2. The van der Waals surface area contributed by atoms with Crippen LogP contribution in [-0.4, -0.2) is 30.8 Å². The summed E-state index contributed by atoms with van der Waals surface area (Å²) in [7, 11) is 3.47. The van der Waals surface area contributed by atoms with Gasteiger partial charge >= 0.3 is 0 Å². The van der Waals surface area contributed by atoms with Crippen molar-refractivity contribution in [3.8, 4) is 0 Å². The molecule has 18 heavy (non-hydrogen) atoms. The lowest BCUT2D eigenvalue weighted by molar-refractivity contribution is -0.123. The Kier molecular flexibility index (Phi) is 7.61. The van der Waals surface area contributed by atoms with E-state index >= 15 is 0 Å². The third kappa shape index (κ3) is 7.87. The molecule has 0 aromatic heterocycles. The molecule has 4 nitrogen and oxygen atoms in total. The maximum absolute atomic E-state index is 11.2. The maximum atomic E-state index is 11.2. The van der Waals surface area contributed by atoms with E-state index in [1.54, 1.807) is 25.1 Å². The average molecular weight is 246 g/mol. The molecule has 0 radical (unpaired) electrons. The fourth-order valence-corrected chi connectivity index (χ4v) is 0.881. The maximum Gasteiger partial charge on any atom is 0.246 e. The molecule has 0 atom stereocenters. The van der Waals surface area contributed by atoms with Crippen LogP contribution in [0.25, 0.3) is 6.08 Å². The molecule has 2 amide bonds. The molecule has 0 unspecified atom stereocenters. The summed E-state index contributed by atoms with van der Waals surface area (Å²) in [4.78, 5) is 22.2. The van der Waals surface area contributed by atoms with Crippen molar-refractivity contribution in [1.29, 1.82) is 0 Å². The van der Waals surface area contributed by atoms with Gasteiger partial charge in [-0.2, -0.15) is 0 Å². The molecule has 4 heteroatoms. The van der Waals surface area contributed by atoms with Crippen molar-refractivity contribution in [3.05, 3.63) is 54.6 Å². The molecule has 1 aromatic carbocycles. The zero-order valence-corrected chi connectivity index (χ0v) is 10.7. The van der Waals surface area contributed by atoms with Gasteiger partial charge in [0.25, 0.3) is 0 Å². The van der Waals surface area contributed by atoms with Gasteiger partial charge in [0.05, 0.1) is 0 Å². The Morgan fingerprint density at radius 2 is 1.72 bits per heavy atom. The van der Waals surface area contributed by atoms with Crippen LogP contribution >= 0.6 is 0 Å². The van der Waals surface area contributed by atoms with Crippen LogP contribution in [0.15, 0.2) is 49.1 Å². The van der Waals surface area contributed by atoms with E-state index in [9.17, 15) is 9.59 Å². The first kappa shape index (κ1) is 15.6. The number of primary amides is 1. The average Bonchev–Trinajstić information content (AvgIpc) is 2.37. The number of carbonyl (C=O) groups excluding carboxylic acids is 2. The summed E-state index contributed by atoms with van der Waals surface area (Å²) < 4.78 is 0. The van der Waals surface area contributed by atoms with Crippen molar-refractivity contribution in [2.75, 3.05) is 14.1 Å². The second kappa shape index (κ2) is 8.75. The largest absolute Gasteiger partial charge is 0.366 e. The van der Waals surface area contributed by atoms with Crippen LogP contribution in [0, 0.1) is 0 Å². The SMILES string of the molecule is C=CC(N)=O.CN(C)C(=O)C=Cc1ccccc1. The lowest BCUT2D eigenvalue weighted by Crippen LogP contribution is -2.18. The van der Waals surface area contributed by atoms with Gasteiger partial charge in [-0.05, 0) is 17.7 Å². The zero-order valence-electron chi connectivity index (χ0n) is 10.7. The highest BCUT2D eigenvalue weighted by Gasteiger charge is 1.95. The van der Waals surface area contributed by atoms with Crippen molar-refractivity contribution in [3.63, 3.8) is 0 Å². The third-order valence-corrected chi connectivity index (χ3v) is 1.86. The number of rotatable bonds is 3. The minimum absolute atomic E-state index is 0.00357. The number of amides is 2. The molecular weight excluding hydrogens is 228 g/mol. The number of carbonyl (C=O) groups is 2. The molecule has 0 saturated heterocycles. The Hall–Kier alpha value is -2.36. The Bertz CT molecular complexity index is 423. The van der Waals surface area contributed by atoms with Gasteiger partial charge in [0, 0.05) is 20.2 Å². The van der Waals surface area contributed by atoms with E-state index < -0.39 is 5.91 Å². The Labute approximate surface area is 107 Å². The molecule has 0 heterocycles. The van der Waals surface area contributed by atoms with Gasteiger partial charge in [-0.25, -0.2) is 0 Å². The topological polar surface area (TPSA) is 63.4 Å². The molecular formula is C14H18N2O2. The third-order valence-electron chi connectivity index (χ3n) is 1.86. The monoisotopic (exact) mass is 246 g/mol. The summed E-state index contributed by atoms with van der Waals surface area (Å²) in [6, 6.07) is 9.75. The van der Waals surface area contributed by atoms with Crippen LogP contribution < -0.4 is 5.73 Å². The van der Waals surface area contributed by atoms with Crippen molar-refractivity contribution in [1.82, 2.24) is 4.90 Å². The van der Waals surface area contributed by atoms with E-state index in [0.29, 0.717) is 0 Å². The normalized spacial score (nSPS) is 9.22. The van der Waals surface area contributed by atoms with Crippen molar-refractivity contribution >= 4 is 17.9 Å². The molecule has 0 spiro atoms. The summed E-state index contributed by atoms with van der Waals surface area (Å²) in [5, 5.41) is 0. The first-order valence-electron chi connectivity index (χ1n) is 5.33. The molecule has 0 bridgehead atoms. The van der Waals surface area contributed by atoms with Gasteiger partial charge in [-0.15, -0.1) is 0 Å². The second-order valence-corrected chi connectivity index (χ2v) is 3.58. The van der Waals surface area contributed by atoms with Crippen LogP contribution in [0.3, 0.4) is 0 Å². The molecule has 0 aliphatic heterocycles. The molecule has 1 aromatic rings. The number of hydrogen-bond donors (Lipinski definition) is 1. The van der Waals surface area contributed by atoms with E-state index in [2.05, 4.69) is 12.3 Å². The molecule has 0 aliphatic rings. The zero-order chi connectivity index (χ0) is 14.0. The minimum Gasteiger partial charge on any atom is -0.366 e. The molecule has 0 fully saturated rings. The highest BCUT2D eigenvalue weighted by molar-refractivity contribution is 5.91. The van der Waals surface area contributed by atoms with E-state index in [4.69, 9.17) is 0 Å². The summed E-state index contributed by atoms with van der Waals surface area (Å²) in [6.45, 7) is 3.09. The summed E-state index contributed by atoms with van der Waals surface area (Å²) in [5.41, 5.74) is 5.57. The number of nitrogens with two attached hydrogens (primary N) is 1. The number of nitrogens with zero attached hydrogens (tertiary/aromatic N) is 1. The molecule has 2 N–H and O–H groups in total. The Morgan fingerprint density at radius 3 is 2.11 bits per heavy atom. The first-order valence-corrected chi connectivity index (χ1v) is 5.33. The Morgan fingerprint density at radius 1 is 1.22 bits per heavy atom. The van der Waals surface area contributed by atoms with Crippen LogP contribution in [0.1, 0.15) is 5.56 Å². The lowest BCUT2D eigenvalue weighted by Gasteiger charge is -2.04. The Balaban J connectivity index is 0.000000494. The quantitative estimate of drug-likeness (QED) is 0.820. The fraction of sp³-hybridized carbons (Fsp3) is 0.143. The number of hydrogen-bond acceptors (Lipinski definition) is 2. The summed E-state index contributed by atoms with van der Waals surface area (Å²) in [6.07, 6.45) is 4.43. The molecule has 96 valence electrons. The fourth-order valence-electron chi connectivity index (χ4n) is 0.881. The number of benzene rings is 1. The number of likely N-dealkylation sites (N-methyl/N-ethyl adjacent to an activating group) is 1. The van der Waals surface area contributed by atoms with E-state index in [0.717, 1.165) is 11.6 Å². The van der Waals surface area contributed by atoms with Crippen LogP contribution in [0.2, 0.25) is 0 Å². The van der Waals surface area contributed by atoms with E-state index in [-0.39, 0.29) is 5.91 Å². The predicted molar refractivity (Wildman–Crippen MR) is 73.6 cm³/mol. The van der Waals surface area contributed by atoms with Crippen molar-refractivity contribution in [2.24, 2.45) is 5.73 Å². The molecule has 1 rings (SSSR count). The van der Waals surface area contributed by atoms with Gasteiger partial charge in [0.2, 0.25) is 11.8 Å². The van der Waals surface area contributed by atoms with E-state index in [1.807, 2.05) is 36.4 Å². The highest BCUT2D eigenvalue weighted by atomic mass is 16.2. The first-order chi connectivity index (χ1) is 8.47. The van der Waals surface area contributed by atoms with Crippen molar-refractivity contribution < 1.29 is 9.59 Å². The van der Waals surface area contributed by atoms with Crippen LogP contribution in [-0.2, 0) is 9.59 Å². The van der Waals surface area contributed by atoms with Gasteiger partial charge < -0.3 is 10.6 Å².